The van der Waals surface area contributed by atoms with Crippen LogP contribution >= 0.6 is 46.1 Å². The fraction of sp³-hybridized carbons (Fsp3) is 0.0417. The average Bonchev–Trinajstić information content (AvgIpc) is 3.17. The third-order valence-electron chi connectivity index (χ3n) is 4.67. The second kappa shape index (κ2) is 10.4. The van der Waals surface area contributed by atoms with Crippen LogP contribution in [-0.2, 0) is 0 Å². The van der Waals surface area contributed by atoms with E-state index in [1.165, 1.54) is 29.7 Å². The molecule has 34 heavy (non-hydrogen) atoms. The summed E-state index contributed by atoms with van der Waals surface area (Å²) in [5.74, 6) is 0.0301. The van der Waals surface area contributed by atoms with Crippen molar-refractivity contribution >= 4 is 74.3 Å². The molecule has 6 nitrogen and oxygen atoms in total. The largest absolute Gasteiger partial charge is 0.497 e. The first kappa shape index (κ1) is 24.0. The molecule has 0 saturated heterocycles. The Bertz CT molecular complexity index is 1420. The van der Waals surface area contributed by atoms with Gasteiger partial charge >= 0.3 is 5.97 Å². The maximum Gasteiger partial charge on any atom is 0.355 e. The second-order valence-electron chi connectivity index (χ2n) is 6.89. The molecule has 0 aliphatic rings. The molecule has 10 heteroatoms. The Labute approximate surface area is 213 Å². The number of hydrogen-bond acceptors (Lipinski definition) is 6. The van der Waals surface area contributed by atoms with Crippen LogP contribution in [0.3, 0.4) is 0 Å². The Morgan fingerprint density at radius 3 is 2.38 bits per heavy atom. The van der Waals surface area contributed by atoms with E-state index >= 15 is 0 Å². The summed E-state index contributed by atoms with van der Waals surface area (Å²) in [6.45, 7) is 0. The number of rotatable bonds is 6. The van der Waals surface area contributed by atoms with Crippen molar-refractivity contribution in [3.63, 3.8) is 0 Å². The van der Waals surface area contributed by atoms with Crippen LogP contribution < -0.4 is 14.9 Å². The molecule has 0 fully saturated rings. The topological polar surface area (TPSA) is 77.0 Å². The van der Waals surface area contributed by atoms with E-state index in [2.05, 4.69) is 10.5 Å². The summed E-state index contributed by atoms with van der Waals surface area (Å²) in [5.41, 5.74) is 3.42. The quantitative estimate of drug-likeness (QED) is 0.127. The highest BCUT2D eigenvalue weighted by Crippen LogP contribution is 2.37. The number of ether oxygens (including phenoxy) is 2. The number of esters is 1. The van der Waals surface area contributed by atoms with Gasteiger partial charge in [-0.3, -0.25) is 4.79 Å². The van der Waals surface area contributed by atoms with Gasteiger partial charge in [-0.15, -0.1) is 11.3 Å². The Morgan fingerprint density at radius 1 is 0.941 bits per heavy atom. The van der Waals surface area contributed by atoms with Crippen molar-refractivity contribution in [3.8, 4) is 11.5 Å². The van der Waals surface area contributed by atoms with Crippen molar-refractivity contribution < 1.29 is 19.1 Å². The number of carbonyl (C=O) groups excluding carboxylic acids is 2. The summed E-state index contributed by atoms with van der Waals surface area (Å²) in [6.07, 6.45) is 1.46. The molecule has 172 valence electrons. The first-order valence-corrected chi connectivity index (χ1v) is 11.7. The van der Waals surface area contributed by atoms with Crippen LogP contribution in [0.25, 0.3) is 10.1 Å². The van der Waals surface area contributed by atoms with E-state index in [4.69, 9.17) is 44.3 Å². The molecule has 1 heterocycles. The normalized spacial score (nSPS) is 11.1. The number of benzene rings is 3. The summed E-state index contributed by atoms with van der Waals surface area (Å²) in [5, 5.41) is 5.66. The number of methoxy groups -OCH3 is 1. The number of carbonyl (C=O) groups is 2. The predicted molar refractivity (Wildman–Crippen MR) is 136 cm³/mol. The minimum absolute atomic E-state index is 0.278. The van der Waals surface area contributed by atoms with Crippen LogP contribution in [-0.4, -0.2) is 25.2 Å². The Balaban J connectivity index is 1.39. The van der Waals surface area contributed by atoms with Gasteiger partial charge < -0.3 is 9.47 Å². The first-order chi connectivity index (χ1) is 16.4. The van der Waals surface area contributed by atoms with E-state index in [1.54, 1.807) is 49.6 Å². The highest BCUT2D eigenvalue weighted by molar-refractivity contribution is 7.21. The molecule has 0 spiro atoms. The minimum atomic E-state index is -0.555. The molecule has 0 aliphatic carbocycles. The minimum Gasteiger partial charge on any atom is -0.497 e. The second-order valence-corrected chi connectivity index (χ2v) is 9.14. The summed E-state index contributed by atoms with van der Waals surface area (Å²) in [7, 11) is 1.57. The molecule has 0 aliphatic heterocycles. The number of hydrogen-bond donors (Lipinski definition) is 1. The van der Waals surface area contributed by atoms with Gasteiger partial charge in [-0.05, 0) is 66.2 Å². The van der Waals surface area contributed by atoms with Gasteiger partial charge in [-0.2, -0.15) is 5.10 Å². The number of hydrazone groups is 1. The maximum atomic E-state index is 12.7. The van der Waals surface area contributed by atoms with Gasteiger partial charge in [0.15, 0.2) is 0 Å². The smallest absolute Gasteiger partial charge is 0.355 e. The molecule has 0 unspecified atom stereocenters. The molecule has 3 aromatic carbocycles. The van der Waals surface area contributed by atoms with Gasteiger partial charge in [-0.1, -0.05) is 34.8 Å². The lowest BCUT2D eigenvalue weighted by atomic mass is 10.2. The lowest BCUT2D eigenvalue weighted by molar-refractivity contribution is 0.0739. The number of halogens is 3. The zero-order chi connectivity index (χ0) is 24.2. The van der Waals surface area contributed by atoms with Gasteiger partial charge in [0.1, 0.15) is 16.4 Å². The summed E-state index contributed by atoms with van der Waals surface area (Å²) >= 11 is 19.4. The first-order valence-electron chi connectivity index (χ1n) is 9.72. The van der Waals surface area contributed by atoms with Gasteiger partial charge in [0.2, 0.25) is 0 Å². The molecule has 1 N–H and O–H groups in total. The Hall–Kier alpha value is -3.10. The van der Waals surface area contributed by atoms with Gasteiger partial charge in [-0.25, -0.2) is 10.2 Å². The molecule has 0 atom stereocenters. The number of nitrogens with zero attached hydrogens (tertiary/aromatic N) is 1. The van der Waals surface area contributed by atoms with E-state index in [1.807, 2.05) is 6.07 Å². The van der Waals surface area contributed by atoms with Crippen LogP contribution in [0.4, 0.5) is 0 Å². The van der Waals surface area contributed by atoms with Gasteiger partial charge in [0, 0.05) is 15.6 Å². The van der Waals surface area contributed by atoms with Crippen LogP contribution in [0.1, 0.15) is 25.6 Å². The Morgan fingerprint density at radius 2 is 1.68 bits per heavy atom. The number of amides is 1. The molecular weight excluding hydrogens is 519 g/mol. The van der Waals surface area contributed by atoms with E-state index in [0.29, 0.717) is 37.5 Å². The van der Waals surface area contributed by atoms with Gasteiger partial charge in [0.05, 0.1) is 28.4 Å². The number of fused-ring (bicyclic) bond motifs is 1. The van der Waals surface area contributed by atoms with E-state index < -0.39 is 11.9 Å². The molecule has 1 amide bonds. The van der Waals surface area contributed by atoms with E-state index in [-0.39, 0.29) is 5.02 Å². The third kappa shape index (κ3) is 5.34. The maximum absolute atomic E-state index is 12.7. The average molecular weight is 534 g/mol. The zero-order valence-electron chi connectivity index (χ0n) is 17.5. The molecule has 0 saturated carbocycles. The standard InChI is InChI=1S/C24H15Cl3N2O4S/c1-32-16-7-8-17-20(11-16)34-22(21(17)27)24(31)33-15-5-2-13(3-6-15)12-28-29-23(30)14-4-9-18(25)19(26)10-14/h2-12H,1H3,(H,29,30)/b28-12-. The molecule has 1 aromatic heterocycles. The molecule has 0 bridgehead atoms. The lowest BCUT2D eigenvalue weighted by Gasteiger charge is -2.04. The summed E-state index contributed by atoms with van der Waals surface area (Å²) in [4.78, 5) is 25.1. The fourth-order valence-electron chi connectivity index (χ4n) is 2.95. The van der Waals surface area contributed by atoms with Crippen molar-refractivity contribution in [1.29, 1.82) is 0 Å². The van der Waals surface area contributed by atoms with E-state index in [9.17, 15) is 9.59 Å². The molecule has 4 aromatic rings. The van der Waals surface area contributed by atoms with Crippen molar-refractivity contribution in [2.45, 2.75) is 0 Å². The number of thiophene rings is 1. The van der Waals surface area contributed by atoms with Crippen molar-refractivity contribution in [3.05, 3.63) is 91.7 Å². The van der Waals surface area contributed by atoms with Crippen LogP contribution in [0.5, 0.6) is 11.5 Å². The van der Waals surface area contributed by atoms with Crippen LogP contribution in [0.15, 0.2) is 65.8 Å². The third-order valence-corrected chi connectivity index (χ3v) is 7.05. The highest BCUT2D eigenvalue weighted by atomic mass is 35.5. The van der Waals surface area contributed by atoms with Crippen molar-refractivity contribution in [1.82, 2.24) is 5.43 Å². The predicted octanol–water partition coefficient (Wildman–Crippen LogP) is 6.85. The Kier molecular flexibility index (Phi) is 7.38. The monoisotopic (exact) mass is 532 g/mol. The number of nitrogens with one attached hydrogen (secondary N) is 1. The van der Waals surface area contributed by atoms with Crippen LogP contribution in [0, 0.1) is 0 Å². The molecule has 0 radical (unpaired) electrons. The van der Waals surface area contributed by atoms with Gasteiger partial charge in [0.25, 0.3) is 5.91 Å². The van der Waals surface area contributed by atoms with Crippen molar-refractivity contribution in [2.75, 3.05) is 7.11 Å². The highest BCUT2D eigenvalue weighted by Gasteiger charge is 2.19. The lowest BCUT2D eigenvalue weighted by Crippen LogP contribution is -2.17. The summed E-state index contributed by atoms with van der Waals surface area (Å²) in [6, 6.07) is 16.5. The zero-order valence-corrected chi connectivity index (χ0v) is 20.6. The molecule has 4 rings (SSSR count). The van der Waals surface area contributed by atoms with E-state index in [0.717, 1.165) is 10.1 Å². The van der Waals surface area contributed by atoms with Crippen molar-refractivity contribution in [2.24, 2.45) is 5.10 Å². The van der Waals surface area contributed by atoms with Crippen LogP contribution in [0.2, 0.25) is 15.1 Å². The SMILES string of the molecule is COc1ccc2c(Cl)c(C(=O)Oc3ccc(/C=N\NC(=O)c4ccc(Cl)c(Cl)c4)cc3)sc2c1. The molecular formula is C24H15Cl3N2O4S. The summed E-state index contributed by atoms with van der Waals surface area (Å²) < 4.78 is 11.5. The fourth-order valence-corrected chi connectivity index (χ4v) is 4.66.